The molecule has 17 heavy (non-hydrogen) atoms. The monoisotopic (exact) mass is 329 g/mol. The molecule has 1 fully saturated rings. The summed E-state index contributed by atoms with van der Waals surface area (Å²) in [6.45, 7) is 4.22. The third-order valence-corrected chi connectivity index (χ3v) is 5.25. The van der Waals surface area contributed by atoms with Gasteiger partial charge in [-0.1, -0.05) is 0 Å². The van der Waals surface area contributed by atoms with Crippen LogP contribution in [0.2, 0.25) is 0 Å². The summed E-state index contributed by atoms with van der Waals surface area (Å²) >= 11 is 6.96. The second-order valence-corrected chi connectivity index (χ2v) is 7.16. The summed E-state index contributed by atoms with van der Waals surface area (Å²) < 4.78 is 1.16. The van der Waals surface area contributed by atoms with Gasteiger partial charge in [-0.05, 0) is 28.1 Å². The van der Waals surface area contributed by atoms with Gasteiger partial charge >= 0.3 is 0 Å². The molecule has 0 unspecified atom stereocenters. The van der Waals surface area contributed by atoms with E-state index in [4.69, 9.17) is 4.98 Å². The molecule has 0 bridgehead atoms. The number of hydrogen-bond donors (Lipinski definition) is 1. The molecule has 2 aromatic heterocycles. The van der Waals surface area contributed by atoms with E-state index >= 15 is 0 Å². The maximum absolute atomic E-state index is 4.72. The van der Waals surface area contributed by atoms with Crippen LogP contribution in [0.1, 0.15) is 0 Å². The molecule has 0 saturated carbocycles. The van der Waals surface area contributed by atoms with Gasteiger partial charge in [0.05, 0.1) is 14.4 Å². The number of rotatable bonds is 2. The first-order valence-electron chi connectivity index (χ1n) is 5.50. The van der Waals surface area contributed by atoms with Crippen LogP contribution < -0.4 is 10.2 Å². The number of nitrogens with zero attached hydrogens (tertiary/aromatic N) is 2. The van der Waals surface area contributed by atoms with Crippen LogP contribution in [0.4, 0.5) is 5.13 Å². The van der Waals surface area contributed by atoms with E-state index < -0.39 is 0 Å². The minimum absolute atomic E-state index is 1.06. The highest BCUT2D eigenvalue weighted by molar-refractivity contribution is 9.11. The largest absolute Gasteiger partial charge is 0.346 e. The van der Waals surface area contributed by atoms with Crippen molar-refractivity contribution in [3.63, 3.8) is 0 Å². The molecule has 3 nitrogen and oxygen atoms in total. The Hall–Kier alpha value is -0.430. The SMILES string of the molecule is Brc1ccc(-c2csc(N3CCNCC3)n2)s1. The summed E-state index contributed by atoms with van der Waals surface area (Å²) in [6, 6.07) is 4.19. The molecule has 6 heteroatoms. The highest BCUT2D eigenvalue weighted by Crippen LogP contribution is 2.34. The molecular formula is C11H12BrN3S2. The van der Waals surface area contributed by atoms with E-state index in [1.807, 2.05) is 0 Å². The van der Waals surface area contributed by atoms with Gasteiger partial charge in [0.25, 0.3) is 0 Å². The number of halogens is 1. The summed E-state index contributed by atoms with van der Waals surface area (Å²) in [7, 11) is 0. The highest BCUT2D eigenvalue weighted by atomic mass is 79.9. The van der Waals surface area contributed by atoms with Crippen molar-refractivity contribution in [3.8, 4) is 10.6 Å². The normalized spacial score (nSPS) is 16.4. The van der Waals surface area contributed by atoms with Crippen LogP contribution in [0.25, 0.3) is 10.6 Å². The fourth-order valence-electron chi connectivity index (χ4n) is 1.83. The summed E-state index contributed by atoms with van der Waals surface area (Å²) in [6.07, 6.45) is 0. The average molecular weight is 330 g/mol. The lowest BCUT2D eigenvalue weighted by atomic mass is 10.4. The smallest absolute Gasteiger partial charge is 0.185 e. The second kappa shape index (κ2) is 5.06. The first-order valence-corrected chi connectivity index (χ1v) is 7.99. The zero-order valence-electron chi connectivity index (χ0n) is 9.15. The molecule has 90 valence electrons. The van der Waals surface area contributed by atoms with E-state index in [2.05, 4.69) is 43.7 Å². The zero-order valence-corrected chi connectivity index (χ0v) is 12.4. The Labute approximate surface area is 117 Å². The van der Waals surface area contributed by atoms with E-state index in [1.54, 1.807) is 22.7 Å². The van der Waals surface area contributed by atoms with Gasteiger partial charge in [-0.3, -0.25) is 0 Å². The summed E-state index contributed by atoms with van der Waals surface area (Å²) in [5.74, 6) is 0. The number of thiazole rings is 1. The van der Waals surface area contributed by atoms with Crippen molar-refractivity contribution in [2.45, 2.75) is 0 Å². The molecule has 1 saturated heterocycles. The van der Waals surface area contributed by atoms with Crippen molar-refractivity contribution in [1.82, 2.24) is 10.3 Å². The lowest BCUT2D eigenvalue weighted by Gasteiger charge is -2.26. The van der Waals surface area contributed by atoms with Gasteiger partial charge in [0.1, 0.15) is 0 Å². The van der Waals surface area contributed by atoms with Crippen LogP contribution in [0.5, 0.6) is 0 Å². The molecule has 0 amide bonds. The van der Waals surface area contributed by atoms with Crippen molar-refractivity contribution in [2.24, 2.45) is 0 Å². The average Bonchev–Trinajstić information content (AvgIpc) is 2.98. The number of thiophene rings is 1. The van der Waals surface area contributed by atoms with E-state index in [0.717, 1.165) is 40.8 Å². The Balaban J connectivity index is 1.82. The van der Waals surface area contributed by atoms with Gasteiger partial charge in [0.15, 0.2) is 5.13 Å². The first-order chi connectivity index (χ1) is 8.33. The molecule has 3 rings (SSSR count). The van der Waals surface area contributed by atoms with Gasteiger partial charge in [-0.15, -0.1) is 22.7 Å². The van der Waals surface area contributed by atoms with Gasteiger partial charge in [0, 0.05) is 31.6 Å². The third kappa shape index (κ3) is 2.54. The van der Waals surface area contributed by atoms with Crippen LogP contribution in [0.3, 0.4) is 0 Å². The number of hydrogen-bond acceptors (Lipinski definition) is 5. The van der Waals surface area contributed by atoms with E-state index in [9.17, 15) is 0 Å². The van der Waals surface area contributed by atoms with Crippen molar-refractivity contribution in [3.05, 3.63) is 21.3 Å². The van der Waals surface area contributed by atoms with E-state index in [-0.39, 0.29) is 0 Å². The van der Waals surface area contributed by atoms with Crippen LogP contribution in [0.15, 0.2) is 21.3 Å². The van der Waals surface area contributed by atoms with Gasteiger partial charge in [0.2, 0.25) is 0 Å². The molecule has 0 atom stereocenters. The van der Waals surface area contributed by atoms with Crippen LogP contribution in [-0.4, -0.2) is 31.2 Å². The van der Waals surface area contributed by atoms with Crippen LogP contribution >= 0.6 is 38.6 Å². The zero-order chi connectivity index (χ0) is 11.7. The van der Waals surface area contributed by atoms with Crippen molar-refractivity contribution in [1.29, 1.82) is 0 Å². The van der Waals surface area contributed by atoms with Gasteiger partial charge in [-0.25, -0.2) is 4.98 Å². The van der Waals surface area contributed by atoms with E-state index in [1.165, 1.54) is 4.88 Å². The number of anilines is 1. The predicted molar refractivity (Wildman–Crippen MR) is 78.2 cm³/mol. The Kier molecular flexibility index (Phi) is 3.46. The number of aromatic nitrogens is 1. The number of nitrogens with one attached hydrogen (secondary N) is 1. The summed E-state index contributed by atoms with van der Waals surface area (Å²) in [5, 5.41) is 6.65. The van der Waals surface area contributed by atoms with Crippen LogP contribution in [0, 0.1) is 0 Å². The maximum Gasteiger partial charge on any atom is 0.185 e. The summed E-state index contributed by atoms with van der Waals surface area (Å²) in [5.41, 5.74) is 1.10. The Morgan fingerprint density at radius 1 is 1.29 bits per heavy atom. The minimum Gasteiger partial charge on any atom is -0.346 e. The number of piperazine rings is 1. The molecule has 1 aliphatic heterocycles. The molecule has 1 N–H and O–H groups in total. The highest BCUT2D eigenvalue weighted by Gasteiger charge is 2.15. The van der Waals surface area contributed by atoms with Crippen molar-refractivity contribution < 1.29 is 0 Å². The Morgan fingerprint density at radius 3 is 2.82 bits per heavy atom. The Bertz CT molecular complexity index is 502. The maximum atomic E-state index is 4.72. The molecule has 2 aromatic rings. The third-order valence-electron chi connectivity index (χ3n) is 2.71. The molecule has 0 radical (unpaired) electrons. The lowest BCUT2D eigenvalue weighted by molar-refractivity contribution is 0.588. The summed E-state index contributed by atoms with van der Waals surface area (Å²) in [4.78, 5) is 8.31. The van der Waals surface area contributed by atoms with E-state index in [0.29, 0.717) is 0 Å². The molecule has 0 spiro atoms. The molecule has 3 heterocycles. The minimum atomic E-state index is 1.06. The second-order valence-electron chi connectivity index (χ2n) is 3.86. The lowest BCUT2D eigenvalue weighted by Crippen LogP contribution is -2.43. The van der Waals surface area contributed by atoms with Crippen molar-refractivity contribution in [2.75, 3.05) is 31.1 Å². The van der Waals surface area contributed by atoms with Gasteiger partial charge < -0.3 is 10.2 Å². The molecule has 0 aromatic carbocycles. The Morgan fingerprint density at radius 2 is 2.12 bits per heavy atom. The topological polar surface area (TPSA) is 28.2 Å². The fourth-order valence-corrected chi connectivity index (χ4v) is 4.13. The molecule has 0 aliphatic carbocycles. The quantitative estimate of drug-likeness (QED) is 0.917. The molecular weight excluding hydrogens is 318 g/mol. The predicted octanol–water partition coefficient (Wildman–Crippen LogP) is 3.04. The fraction of sp³-hybridized carbons (Fsp3) is 0.364. The first kappa shape index (κ1) is 11.6. The standard InChI is InChI=1S/C11H12BrN3S2/c12-10-2-1-9(17-10)8-7-16-11(14-8)15-5-3-13-4-6-15/h1-2,7,13H,3-6H2. The van der Waals surface area contributed by atoms with Crippen LogP contribution in [-0.2, 0) is 0 Å². The van der Waals surface area contributed by atoms with Crippen molar-refractivity contribution >= 4 is 43.7 Å². The molecule has 1 aliphatic rings. The van der Waals surface area contributed by atoms with Gasteiger partial charge in [-0.2, -0.15) is 0 Å².